The van der Waals surface area contributed by atoms with Crippen LogP contribution in [0.1, 0.15) is 39.8 Å². The zero-order chi connectivity index (χ0) is 19.2. The predicted molar refractivity (Wildman–Crippen MR) is 101 cm³/mol. The number of amides is 1. The highest BCUT2D eigenvalue weighted by Crippen LogP contribution is 2.35. The Labute approximate surface area is 157 Å². The highest BCUT2D eigenvalue weighted by atomic mass is 19.1. The van der Waals surface area contributed by atoms with Gasteiger partial charge in [-0.3, -0.25) is 4.79 Å². The average Bonchev–Trinajstić information content (AvgIpc) is 3.19. The van der Waals surface area contributed by atoms with Crippen molar-refractivity contribution in [3.8, 4) is 0 Å². The van der Waals surface area contributed by atoms with Crippen molar-refractivity contribution < 1.29 is 9.18 Å². The van der Waals surface area contributed by atoms with Crippen LogP contribution in [0.25, 0.3) is 0 Å². The summed E-state index contributed by atoms with van der Waals surface area (Å²) in [5.41, 5.74) is 2.45. The maximum atomic E-state index is 15.5. The highest BCUT2D eigenvalue weighted by molar-refractivity contribution is 6.10. The lowest BCUT2D eigenvalue weighted by molar-refractivity contribution is 0.0996. The molecule has 0 spiro atoms. The molecule has 3 aromatic rings. The molecule has 1 amide bonds. The smallest absolute Gasteiger partial charge is 0.258 e. The quantitative estimate of drug-likeness (QED) is 0.709. The summed E-state index contributed by atoms with van der Waals surface area (Å²) in [6, 6.07) is 12.9. The molecule has 0 saturated carbocycles. The molecule has 0 radical (unpaired) electrons. The standard InChI is InChI=1S/C21H21FN4O/c1-14-6-4-9-17-18(14)12-26(20(17)27)16-8-5-7-15(10-16)21(2,22)11-19-24-23-13-25(19)3/h4-10,13H,11-12H2,1-3H3/t21-/m1/s1. The number of anilines is 1. The Kier molecular flexibility index (Phi) is 4.06. The first-order valence-corrected chi connectivity index (χ1v) is 8.89. The van der Waals surface area contributed by atoms with E-state index in [9.17, 15) is 4.79 Å². The number of hydrogen-bond acceptors (Lipinski definition) is 3. The van der Waals surface area contributed by atoms with Gasteiger partial charge in [0.1, 0.15) is 17.8 Å². The van der Waals surface area contributed by atoms with Gasteiger partial charge in [-0.1, -0.05) is 24.3 Å². The van der Waals surface area contributed by atoms with E-state index in [0.717, 1.165) is 16.7 Å². The summed E-state index contributed by atoms with van der Waals surface area (Å²) in [6.45, 7) is 4.05. The molecule has 0 aliphatic carbocycles. The predicted octanol–water partition coefficient (Wildman–Crippen LogP) is 3.71. The number of aryl methyl sites for hydroxylation is 2. The fourth-order valence-electron chi connectivity index (χ4n) is 3.56. The van der Waals surface area contributed by atoms with Crippen LogP contribution in [-0.2, 0) is 25.7 Å². The Bertz CT molecular complexity index is 1020. The summed E-state index contributed by atoms with van der Waals surface area (Å²) in [4.78, 5) is 14.5. The fourth-order valence-corrected chi connectivity index (χ4v) is 3.56. The Balaban J connectivity index is 1.65. The van der Waals surface area contributed by atoms with Crippen molar-refractivity contribution >= 4 is 11.6 Å². The minimum absolute atomic E-state index is 0.0419. The first kappa shape index (κ1) is 17.4. The van der Waals surface area contributed by atoms with E-state index in [4.69, 9.17) is 0 Å². The molecule has 2 aromatic carbocycles. The molecule has 1 atom stereocenters. The van der Waals surface area contributed by atoms with Crippen LogP contribution < -0.4 is 4.90 Å². The molecule has 0 bridgehead atoms. The third kappa shape index (κ3) is 3.01. The van der Waals surface area contributed by atoms with E-state index in [-0.39, 0.29) is 12.3 Å². The number of benzene rings is 2. The van der Waals surface area contributed by atoms with E-state index in [2.05, 4.69) is 10.2 Å². The normalized spacial score (nSPS) is 15.7. The van der Waals surface area contributed by atoms with Gasteiger partial charge in [-0.15, -0.1) is 10.2 Å². The lowest BCUT2D eigenvalue weighted by atomic mass is 9.93. The topological polar surface area (TPSA) is 51.0 Å². The molecule has 0 unspecified atom stereocenters. The Morgan fingerprint density at radius 2 is 2.00 bits per heavy atom. The van der Waals surface area contributed by atoms with Gasteiger partial charge < -0.3 is 9.47 Å². The molecule has 1 aliphatic heterocycles. The maximum Gasteiger partial charge on any atom is 0.258 e. The molecule has 1 aliphatic rings. The van der Waals surface area contributed by atoms with Gasteiger partial charge in [0.2, 0.25) is 0 Å². The number of carbonyl (C=O) groups is 1. The van der Waals surface area contributed by atoms with Gasteiger partial charge >= 0.3 is 0 Å². The highest BCUT2D eigenvalue weighted by Gasteiger charge is 2.32. The second-order valence-corrected chi connectivity index (χ2v) is 7.27. The molecular weight excluding hydrogens is 343 g/mol. The molecule has 138 valence electrons. The summed E-state index contributed by atoms with van der Waals surface area (Å²) in [6.07, 6.45) is 1.67. The van der Waals surface area contributed by atoms with E-state index >= 15 is 4.39 Å². The summed E-state index contributed by atoms with van der Waals surface area (Å²) < 4.78 is 17.2. The van der Waals surface area contributed by atoms with Crippen LogP contribution >= 0.6 is 0 Å². The van der Waals surface area contributed by atoms with Crippen LogP contribution in [0, 0.1) is 6.92 Å². The van der Waals surface area contributed by atoms with E-state index in [1.165, 1.54) is 6.92 Å². The molecule has 6 heteroatoms. The van der Waals surface area contributed by atoms with E-state index in [1.807, 2.05) is 31.2 Å². The second kappa shape index (κ2) is 6.30. The average molecular weight is 364 g/mol. The van der Waals surface area contributed by atoms with Gasteiger partial charge in [0.15, 0.2) is 0 Å². The number of alkyl halides is 1. The Morgan fingerprint density at radius 1 is 1.22 bits per heavy atom. The van der Waals surface area contributed by atoms with Crippen molar-refractivity contribution in [3.63, 3.8) is 0 Å². The van der Waals surface area contributed by atoms with Gasteiger partial charge in [0.05, 0.1) is 6.54 Å². The van der Waals surface area contributed by atoms with Crippen LogP contribution in [0.15, 0.2) is 48.8 Å². The number of nitrogens with zero attached hydrogens (tertiary/aromatic N) is 4. The second-order valence-electron chi connectivity index (χ2n) is 7.27. The van der Waals surface area contributed by atoms with Gasteiger partial charge in [0.25, 0.3) is 5.91 Å². The van der Waals surface area contributed by atoms with Crippen molar-refractivity contribution in [3.05, 3.63) is 76.9 Å². The Hall–Kier alpha value is -3.02. The summed E-state index contributed by atoms with van der Waals surface area (Å²) in [5, 5.41) is 7.80. The SMILES string of the molecule is Cc1cccc2c1CN(c1cccc([C@](C)(F)Cc3nncn3C)c1)C2=O. The molecule has 4 rings (SSSR count). The summed E-state index contributed by atoms with van der Waals surface area (Å²) >= 11 is 0. The number of hydrogen-bond donors (Lipinski definition) is 0. The third-order valence-electron chi connectivity index (χ3n) is 5.26. The zero-order valence-electron chi connectivity index (χ0n) is 15.6. The van der Waals surface area contributed by atoms with Crippen LogP contribution in [-0.4, -0.2) is 20.7 Å². The maximum absolute atomic E-state index is 15.5. The molecule has 5 nitrogen and oxygen atoms in total. The number of halogens is 1. The van der Waals surface area contributed by atoms with Gasteiger partial charge in [-0.2, -0.15) is 0 Å². The first-order chi connectivity index (χ1) is 12.9. The number of rotatable bonds is 4. The number of fused-ring (bicyclic) bond motifs is 1. The van der Waals surface area contributed by atoms with Crippen molar-refractivity contribution in [1.82, 2.24) is 14.8 Å². The molecular formula is C21H21FN4O. The van der Waals surface area contributed by atoms with Crippen molar-refractivity contribution in [1.29, 1.82) is 0 Å². The molecule has 0 N–H and O–H groups in total. The van der Waals surface area contributed by atoms with Gasteiger partial charge in [0, 0.05) is 24.7 Å². The monoisotopic (exact) mass is 364 g/mol. The van der Waals surface area contributed by atoms with Crippen molar-refractivity contribution in [2.75, 3.05) is 4.90 Å². The van der Waals surface area contributed by atoms with E-state index in [0.29, 0.717) is 23.6 Å². The summed E-state index contributed by atoms with van der Waals surface area (Å²) in [7, 11) is 1.80. The lowest BCUT2D eigenvalue weighted by Gasteiger charge is -2.23. The molecule has 0 saturated heterocycles. The number of carbonyl (C=O) groups excluding carboxylic acids is 1. The number of aromatic nitrogens is 3. The minimum atomic E-state index is -1.62. The van der Waals surface area contributed by atoms with Gasteiger partial charge in [-0.05, 0) is 48.7 Å². The largest absolute Gasteiger partial charge is 0.321 e. The van der Waals surface area contributed by atoms with Crippen LogP contribution in [0.2, 0.25) is 0 Å². The lowest BCUT2D eigenvalue weighted by Crippen LogP contribution is -2.25. The third-order valence-corrected chi connectivity index (χ3v) is 5.26. The first-order valence-electron chi connectivity index (χ1n) is 8.89. The molecule has 2 heterocycles. The fraction of sp³-hybridized carbons (Fsp3) is 0.286. The van der Waals surface area contributed by atoms with Crippen LogP contribution in [0.4, 0.5) is 10.1 Å². The van der Waals surface area contributed by atoms with Crippen LogP contribution in [0.5, 0.6) is 0 Å². The zero-order valence-corrected chi connectivity index (χ0v) is 15.6. The van der Waals surface area contributed by atoms with Gasteiger partial charge in [-0.25, -0.2) is 4.39 Å². The minimum Gasteiger partial charge on any atom is -0.321 e. The Morgan fingerprint density at radius 3 is 2.70 bits per heavy atom. The van der Waals surface area contributed by atoms with E-state index < -0.39 is 5.67 Å². The van der Waals surface area contributed by atoms with Crippen LogP contribution in [0.3, 0.4) is 0 Å². The molecule has 27 heavy (non-hydrogen) atoms. The summed E-state index contributed by atoms with van der Waals surface area (Å²) in [5.74, 6) is 0.533. The van der Waals surface area contributed by atoms with E-state index in [1.54, 1.807) is 41.0 Å². The van der Waals surface area contributed by atoms with Crippen molar-refractivity contribution in [2.45, 2.75) is 32.5 Å². The van der Waals surface area contributed by atoms with Crippen molar-refractivity contribution in [2.24, 2.45) is 7.05 Å². The molecule has 1 aromatic heterocycles. The molecule has 0 fully saturated rings.